The molecule has 1 aliphatic rings. The van der Waals surface area contributed by atoms with Gasteiger partial charge >= 0.3 is 0 Å². The largest absolute Gasteiger partial charge is 0.399 e. The molecule has 5 heteroatoms. The molecular formula is C14H18N4O. The smallest absolute Gasteiger partial charge is 0.139 e. The van der Waals surface area contributed by atoms with Gasteiger partial charge in [-0.05, 0) is 31.0 Å². The van der Waals surface area contributed by atoms with Crippen molar-refractivity contribution < 1.29 is 4.74 Å². The van der Waals surface area contributed by atoms with E-state index < -0.39 is 0 Å². The lowest BCUT2D eigenvalue weighted by Crippen LogP contribution is -2.29. The number of nitrogens with two attached hydrogens (primary N) is 1. The predicted molar refractivity (Wildman–Crippen MR) is 76.2 cm³/mol. The summed E-state index contributed by atoms with van der Waals surface area (Å²) in [5, 5.41) is 0.989. The van der Waals surface area contributed by atoms with Crippen LogP contribution in [-0.2, 0) is 4.74 Å². The van der Waals surface area contributed by atoms with E-state index in [1.165, 1.54) is 0 Å². The Hall–Kier alpha value is -1.88. The van der Waals surface area contributed by atoms with Gasteiger partial charge in [0.25, 0.3) is 0 Å². The molecule has 0 radical (unpaired) electrons. The summed E-state index contributed by atoms with van der Waals surface area (Å²) in [5.41, 5.74) is 7.50. The number of aromatic nitrogens is 2. The van der Waals surface area contributed by atoms with Crippen molar-refractivity contribution in [2.75, 3.05) is 30.8 Å². The lowest BCUT2D eigenvalue weighted by Gasteiger charge is -2.22. The summed E-state index contributed by atoms with van der Waals surface area (Å²) in [6.45, 7) is 1.72. The molecule has 100 valence electrons. The molecule has 19 heavy (non-hydrogen) atoms. The Morgan fingerprint density at radius 2 is 2.32 bits per heavy atom. The van der Waals surface area contributed by atoms with Crippen LogP contribution in [0.2, 0.25) is 0 Å². The minimum absolute atomic E-state index is 0.302. The Morgan fingerprint density at radius 3 is 3.11 bits per heavy atom. The monoisotopic (exact) mass is 258 g/mol. The summed E-state index contributed by atoms with van der Waals surface area (Å²) in [6, 6.07) is 5.71. The van der Waals surface area contributed by atoms with Gasteiger partial charge in [0.1, 0.15) is 12.1 Å². The molecule has 0 spiro atoms. The molecule has 1 fully saturated rings. The van der Waals surface area contributed by atoms with Crippen molar-refractivity contribution in [3.05, 3.63) is 24.5 Å². The lowest BCUT2D eigenvalue weighted by atomic mass is 10.2. The van der Waals surface area contributed by atoms with Gasteiger partial charge in [-0.2, -0.15) is 0 Å². The number of nitrogen functional groups attached to an aromatic ring is 1. The second kappa shape index (κ2) is 5.01. The Bertz CT molecular complexity index is 581. The summed E-state index contributed by atoms with van der Waals surface area (Å²) < 4.78 is 5.67. The van der Waals surface area contributed by atoms with E-state index in [0.29, 0.717) is 6.10 Å². The summed E-state index contributed by atoms with van der Waals surface area (Å²) >= 11 is 0. The number of anilines is 2. The fourth-order valence-corrected chi connectivity index (χ4v) is 2.55. The standard InChI is InChI=1S/C14H18N4O/c1-18(8-11-3-2-6-19-11)14-12-7-10(15)4-5-13(12)16-9-17-14/h4-5,7,9,11H,2-3,6,8,15H2,1H3. The van der Waals surface area contributed by atoms with Gasteiger partial charge < -0.3 is 15.4 Å². The van der Waals surface area contributed by atoms with Crippen LogP contribution in [0, 0.1) is 0 Å². The topological polar surface area (TPSA) is 64.3 Å². The molecule has 0 amide bonds. The summed E-state index contributed by atoms with van der Waals surface area (Å²) in [4.78, 5) is 10.8. The van der Waals surface area contributed by atoms with Gasteiger partial charge in [0.15, 0.2) is 0 Å². The molecule has 1 unspecified atom stereocenters. The first kappa shape index (κ1) is 12.2. The SMILES string of the molecule is CN(CC1CCCO1)c1ncnc2ccc(N)cc12. The van der Waals surface area contributed by atoms with Crippen LogP contribution in [0.3, 0.4) is 0 Å². The molecule has 1 aliphatic heterocycles. The number of benzene rings is 1. The normalized spacial score (nSPS) is 18.9. The van der Waals surface area contributed by atoms with Gasteiger partial charge in [0.05, 0.1) is 11.6 Å². The average Bonchev–Trinajstić information content (AvgIpc) is 2.90. The number of fused-ring (bicyclic) bond motifs is 1. The van der Waals surface area contributed by atoms with Gasteiger partial charge in [0, 0.05) is 31.3 Å². The van der Waals surface area contributed by atoms with E-state index in [9.17, 15) is 0 Å². The highest BCUT2D eigenvalue weighted by Crippen LogP contribution is 2.25. The van der Waals surface area contributed by atoms with Crippen LogP contribution >= 0.6 is 0 Å². The van der Waals surface area contributed by atoms with Gasteiger partial charge in [-0.1, -0.05) is 0 Å². The molecule has 0 bridgehead atoms. The zero-order valence-electron chi connectivity index (χ0n) is 11.0. The Labute approximate surface area is 112 Å². The zero-order valence-corrected chi connectivity index (χ0v) is 11.0. The number of rotatable bonds is 3. The van der Waals surface area contributed by atoms with Gasteiger partial charge in [-0.25, -0.2) is 9.97 Å². The lowest BCUT2D eigenvalue weighted by molar-refractivity contribution is 0.116. The van der Waals surface area contributed by atoms with Crippen LogP contribution in [-0.4, -0.2) is 36.3 Å². The second-order valence-corrected chi connectivity index (χ2v) is 4.99. The van der Waals surface area contributed by atoms with Crippen molar-refractivity contribution in [3.63, 3.8) is 0 Å². The molecule has 2 heterocycles. The van der Waals surface area contributed by atoms with Crippen LogP contribution in [0.1, 0.15) is 12.8 Å². The first-order valence-corrected chi connectivity index (χ1v) is 6.57. The number of likely N-dealkylation sites (N-methyl/N-ethyl adjacent to an activating group) is 1. The van der Waals surface area contributed by atoms with E-state index in [4.69, 9.17) is 10.5 Å². The molecule has 1 aromatic carbocycles. The fraction of sp³-hybridized carbons (Fsp3) is 0.429. The molecular weight excluding hydrogens is 240 g/mol. The van der Waals surface area contributed by atoms with Gasteiger partial charge in [-0.15, -0.1) is 0 Å². The van der Waals surface area contributed by atoms with E-state index in [0.717, 1.165) is 48.4 Å². The number of ether oxygens (including phenoxy) is 1. The minimum Gasteiger partial charge on any atom is -0.399 e. The summed E-state index contributed by atoms with van der Waals surface area (Å²) in [6.07, 6.45) is 4.17. The van der Waals surface area contributed by atoms with Crippen molar-refractivity contribution in [2.45, 2.75) is 18.9 Å². The first-order valence-electron chi connectivity index (χ1n) is 6.57. The van der Waals surface area contributed by atoms with Gasteiger partial charge in [-0.3, -0.25) is 0 Å². The van der Waals surface area contributed by atoms with Gasteiger partial charge in [0.2, 0.25) is 0 Å². The van der Waals surface area contributed by atoms with Crippen molar-refractivity contribution in [3.8, 4) is 0 Å². The van der Waals surface area contributed by atoms with E-state index in [2.05, 4.69) is 14.9 Å². The third kappa shape index (κ3) is 2.46. The zero-order chi connectivity index (χ0) is 13.2. The maximum atomic E-state index is 5.86. The van der Waals surface area contributed by atoms with E-state index in [1.807, 2.05) is 25.2 Å². The van der Waals surface area contributed by atoms with Crippen LogP contribution in [0.15, 0.2) is 24.5 Å². The quantitative estimate of drug-likeness (QED) is 0.851. The minimum atomic E-state index is 0.302. The Kier molecular flexibility index (Phi) is 3.21. The van der Waals surface area contributed by atoms with E-state index >= 15 is 0 Å². The number of hydrogen-bond acceptors (Lipinski definition) is 5. The van der Waals surface area contributed by atoms with Crippen LogP contribution in [0.25, 0.3) is 10.9 Å². The van der Waals surface area contributed by atoms with Crippen molar-refractivity contribution in [1.29, 1.82) is 0 Å². The maximum absolute atomic E-state index is 5.86. The highest BCUT2D eigenvalue weighted by atomic mass is 16.5. The number of nitrogens with zero attached hydrogens (tertiary/aromatic N) is 3. The van der Waals surface area contributed by atoms with Crippen LogP contribution < -0.4 is 10.6 Å². The molecule has 0 aliphatic carbocycles. The van der Waals surface area contributed by atoms with Crippen molar-refractivity contribution in [1.82, 2.24) is 9.97 Å². The van der Waals surface area contributed by atoms with E-state index in [1.54, 1.807) is 6.33 Å². The Morgan fingerprint density at radius 1 is 1.42 bits per heavy atom. The molecule has 1 saturated heterocycles. The molecule has 2 N–H and O–H groups in total. The highest BCUT2D eigenvalue weighted by molar-refractivity contribution is 5.91. The molecule has 1 aromatic heterocycles. The third-order valence-electron chi connectivity index (χ3n) is 3.50. The third-order valence-corrected chi connectivity index (χ3v) is 3.50. The molecule has 3 rings (SSSR count). The molecule has 5 nitrogen and oxygen atoms in total. The summed E-state index contributed by atoms with van der Waals surface area (Å²) in [7, 11) is 2.03. The highest BCUT2D eigenvalue weighted by Gasteiger charge is 2.19. The van der Waals surface area contributed by atoms with Crippen molar-refractivity contribution >= 4 is 22.4 Å². The molecule has 2 aromatic rings. The summed E-state index contributed by atoms with van der Waals surface area (Å²) in [5.74, 6) is 0.910. The first-order chi connectivity index (χ1) is 9.24. The van der Waals surface area contributed by atoms with Crippen LogP contribution in [0.4, 0.5) is 11.5 Å². The fourth-order valence-electron chi connectivity index (χ4n) is 2.55. The molecule has 0 saturated carbocycles. The molecule has 1 atom stereocenters. The maximum Gasteiger partial charge on any atom is 0.139 e. The number of hydrogen-bond donors (Lipinski definition) is 1. The predicted octanol–water partition coefficient (Wildman–Crippen LogP) is 1.83. The van der Waals surface area contributed by atoms with E-state index in [-0.39, 0.29) is 0 Å². The van der Waals surface area contributed by atoms with Crippen LogP contribution in [0.5, 0.6) is 0 Å². The average molecular weight is 258 g/mol. The second-order valence-electron chi connectivity index (χ2n) is 4.99. The van der Waals surface area contributed by atoms with Crippen molar-refractivity contribution in [2.24, 2.45) is 0 Å². The Balaban J connectivity index is 1.92.